The molecule has 2 aromatic rings. The summed E-state index contributed by atoms with van der Waals surface area (Å²) in [5, 5.41) is 0.639. The molecule has 1 unspecified atom stereocenters. The molecule has 0 aliphatic rings. The fourth-order valence-corrected chi connectivity index (χ4v) is 3.01. The van der Waals surface area contributed by atoms with E-state index in [4.69, 9.17) is 27.9 Å². The number of hydrogen-bond acceptors (Lipinski definition) is 1. The highest BCUT2D eigenvalue weighted by Crippen LogP contribution is 2.32. The maximum absolute atomic E-state index is 6.49. The lowest BCUT2D eigenvalue weighted by atomic mass is 10.0. The Morgan fingerprint density at radius 3 is 2.65 bits per heavy atom. The highest BCUT2D eigenvalue weighted by molar-refractivity contribution is 9.10. The highest BCUT2D eigenvalue weighted by atomic mass is 79.9. The average molecular weight is 374 g/mol. The molecule has 0 N–H and O–H groups in total. The number of alkyl halides is 1. The first-order valence-corrected chi connectivity index (χ1v) is 8.01. The summed E-state index contributed by atoms with van der Waals surface area (Å²) in [6.45, 7) is 2.61. The van der Waals surface area contributed by atoms with Gasteiger partial charge in [-0.15, -0.1) is 11.6 Å². The standard InChI is InChI=1S/C16H15BrCl2O/c1-2-20-16-7-6-12(10-14(16)17)15(19)9-11-4-3-5-13(18)8-11/h3-8,10,15H,2,9H2,1H3. The molecule has 106 valence electrons. The molecule has 20 heavy (non-hydrogen) atoms. The number of halogens is 3. The van der Waals surface area contributed by atoms with Crippen molar-refractivity contribution >= 4 is 39.1 Å². The topological polar surface area (TPSA) is 9.23 Å². The van der Waals surface area contributed by atoms with Gasteiger partial charge in [-0.1, -0.05) is 29.8 Å². The number of hydrogen-bond donors (Lipinski definition) is 0. The van der Waals surface area contributed by atoms with E-state index >= 15 is 0 Å². The van der Waals surface area contributed by atoms with Crippen LogP contribution in [-0.2, 0) is 6.42 Å². The zero-order chi connectivity index (χ0) is 14.5. The summed E-state index contributed by atoms with van der Waals surface area (Å²) in [5.41, 5.74) is 2.18. The molecule has 1 nitrogen and oxygen atoms in total. The van der Waals surface area contributed by atoms with Crippen molar-refractivity contribution in [1.29, 1.82) is 0 Å². The van der Waals surface area contributed by atoms with Crippen LogP contribution in [0.3, 0.4) is 0 Å². The van der Waals surface area contributed by atoms with Gasteiger partial charge in [-0.2, -0.15) is 0 Å². The van der Waals surface area contributed by atoms with Gasteiger partial charge < -0.3 is 4.74 Å². The van der Waals surface area contributed by atoms with Gasteiger partial charge in [0.2, 0.25) is 0 Å². The van der Waals surface area contributed by atoms with Crippen molar-refractivity contribution in [3.05, 3.63) is 63.1 Å². The Morgan fingerprint density at radius 2 is 2.00 bits per heavy atom. The molecule has 0 saturated heterocycles. The van der Waals surface area contributed by atoms with Crippen LogP contribution in [0, 0.1) is 0 Å². The largest absolute Gasteiger partial charge is 0.493 e. The van der Waals surface area contributed by atoms with Gasteiger partial charge in [0.05, 0.1) is 16.5 Å². The summed E-state index contributed by atoms with van der Waals surface area (Å²) in [5.74, 6) is 0.836. The maximum Gasteiger partial charge on any atom is 0.133 e. The number of benzene rings is 2. The highest BCUT2D eigenvalue weighted by Gasteiger charge is 2.11. The Kier molecular flexibility index (Phi) is 5.76. The smallest absolute Gasteiger partial charge is 0.133 e. The zero-order valence-electron chi connectivity index (χ0n) is 11.1. The van der Waals surface area contributed by atoms with Crippen molar-refractivity contribution in [2.45, 2.75) is 18.7 Å². The minimum atomic E-state index is -0.0968. The fraction of sp³-hybridized carbons (Fsp3) is 0.250. The Balaban J connectivity index is 2.13. The van der Waals surface area contributed by atoms with Crippen LogP contribution in [-0.4, -0.2) is 6.61 Å². The van der Waals surface area contributed by atoms with Crippen LogP contribution in [0.2, 0.25) is 5.02 Å². The summed E-state index contributed by atoms with van der Waals surface area (Å²) in [4.78, 5) is 0. The van der Waals surface area contributed by atoms with Gasteiger partial charge in [0.1, 0.15) is 5.75 Å². The van der Waals surface area contributed by atoms with Crippen LogP contribution in [0.15, 0.2) is 46.9 Å². The molecule has 4 heteroatoms. The van der Waals surface area contributed by atoms with Gasteiger partial charge in [-0.05, 0) is 64.7 Å². The molecule has 0 aromatic heterocycles. The minimum Gasteiger partial charge on any atom is -0.493 e. The fourth-order valence-electron chi connectivity index (χ4n) is 1.97. The predicted molar refractivity (Wildman–Crippen MR) is 89.1 cm³/mol. The monoisotopic (exact) mass is 372 g/mol. The molecular weight excluding hydrogens is 359 g/mol. The molecular formula is C16H15BrCl2O. The summed E-state index contributed by atoms with van der Waals surface area (Å²) in [7, 11) is 0. The summed E-state index contributed by atoms with van der Waals surface area (Å²) in [6.07, 6.45) is 0.739. The van der Waals surface area contributed by atoms with E-state index in [1.165, 1.54) is 0 Å². The van der Waals surface area contributed by atoms with E-state index in [0.29, 0.717) is 6.61 Å². The Morgan fingerprint density at radius 1 is 1.20 bits per heavy atom. The van der Waals surface area contributed by atoms with Gasteiger partial charge in [0.15, 0.2) is 0 Å². The molecule has 0 aliphatic carbocycles. The van der Waals surface area contributed by atoms with Crippen molar-refractivity contribution in [2.75, 3.05) is 6.61 Å². The lowest BCUT2D eigenvalue weighted by Crippen LogP contribution is -1.98. The maximum atomic E-state index is 6.49. The predicted octanol–water partition coefficient (Wildman–Crippen LogP) is 6.02. The molecule has 0 bridgehead atoms. The van der Waals surface area contributed by atoms with Crippen LogP contribution in [0.5, 0.6) is 5.75 Å². The summed E-state index contributed by atoms with van der Waals surface area (Å²) < 4.78 is 6.42. The molecule has 0 fully saturated rings. The van der Waals surface area contributed by atoms with Gasteiger partial charge in [0, 0.05) is 5.02 Å². The quantitative estimate of drug-likeness (QED) is 0.582. The van der Waals surface area contributed by atoms with Crippen molar-refractivity contribution in [2.24, 2.45) is 0 Å². The molecule has 2 rings (SSSR count). The van der Waals surface area contributed by atoms with Crippen LogP contribution in [0.4, 0.5) is 0 Å². The molecule has 0 heterocycles. The first-order chi connectivity index (χ1) is 9.60. The van der Waals surface area contributed by atoms with E-state index in [0.717, 1.165) is 32.8 Å². The van der Waals surface area contributed by atoms with Crippen LogP contribution >= 0.6 is 39.1 Å². The van der Waals surface area contributed by atoms with Crippen molar-refractivity contribution < 1.29 is 4.74 Å². The van der Waals surface area contributed by atoms with Crippen LogP contribution in [0.1, 0.15) is 23.4 Å². The zero-order valence-corrected chi connectivity index (χ0v) is 14.2. The van der Waals surface area contributed by atoms with Crippen LogP contribution in [0.25, 0.3) is 0 Å². The van der Waals surface area contributed by atoms with E-state index < -0.39 is 0 Å². The first-order valence-electron chi connectivity index (χ1n) is 6.41. The van der Waals surface area contributed by atoms with E-state index in [-0.39, 0.29) is 5.38 Å². The Labute approximate surface area is 138 Å². The number of ether oxygens (including phenoxy) is 1. The van der Waals surface area contributed by atoms with E-state index in [9.17, 15) is 0 Å². The third-order valence-corrected chi connectivity index (χ3v) is 4.18. The Hall–Kier alpha value is -0.700. The third kappa shape index (κ3) is 4.15. The van der Waals surface area contributed by atoms with Crippen molar-refractivity contribution in [3.63, 3.8) is 0 Å². The van der Waals surface area contributed by atoms with Crippen LogP contribution < -0.4 is 4.74 Å². The summed E-state index contributed by atoms with van der Waals surface area (Å²) >= 11 is 16.0. The molecule has 0 spiro atoms. The second kappa shape index (κ2) is 7.35. The van der Waals surface area contributed by atoms with E-state index in [1.54, 1.807) is 0 Å². The lowest BCUT2D eigenvalue weighted by Gasteiger charge is -2.13. The molecule has 0 radical (unpaired) electrons. The number of rotatable bonds is 5. The molecule has 0 aliphatic heterocycles. The second-order valence-corrected chi connectivity index (χ2v) is 6.24. The van der Waals surface area contributed by atoms with Gasteiger partial charge in [-0.25, -0.2) is 0 Å². The SMILES string of the molecule is CCOc1ccc(C(Cl)Cc2cccc(Cl)c2)cc1Br. The van der Waals surface area contributed by atoms with E-state index in [1.807, 2.05) is 49.4 Å². The second-order valence-electron chi connectivity index (χ2n) is 4.42. The normalized spacial score (nSPS) is 12.2. The van der Waals surface area contributed by atoms with Gasteiger partial charge in [0.25, 0.3) is 0 Å². The first kappa shape index (κ1) is 15.7. The average Bonchev–Trinajstić information content (AvgIpc) is 2.41. The third-order valence-electron chi connectivity index (χ3n) is 2.92. The minimum absolute atomic E-state index is 0.0968. The van der Waals surface area contributed by atoms with Crippen molar-refractivity contribution in [1.82, 2.24) is 0 Å². The lowest BCUT2D eigenvalue weighted by molar-refractivity contribution is 0.338. The molecule has 0 saturated carbocycles. The van der Waals surface area contributed by atoms with Gasteiger partial charge in [-0.3, -0.25) is 0 Å². The molecule has 2 aromatic carbocycles. The summed E-state index contributed by atoms with van der Waals surface area (Å²) in [6, 6.07) is 13.7. The molecule has 0 amide bonds. The van der Waals surface area contributed by atoms with E-state index in [2.05, 4.69) is 15.9 Å². The Bertz CT molecular complexity index is 586. The van der Waals surface area contributed by atoms with Gasteiger partial charge >= 0.3 is 0 Å². The molecule has 1 atom stereocenters. The van der Waals surface area contributed by atoms with Crippen molar-refractivity contribution in [3.8, 4) is 5.75 Å².